The van der Waals surface area contributed by atoms with Crippen LogP contribution in [-0.4, -0.2) is 31.1 Å². The normalized spacial score (nSPS) is 20.1. The van der Waals surface area contributed by atoms with Crippen LogP contribution in [0.15, 0.2) is 0 Å². The fourth-order valence-electron chi connectivity index (χ4n) is 1.35. The number of hydrogen-bond donors (Lipinski definition) is 0. The Balaban J connectivity index is 1.91. The smallest absolute Gasteiger partial charge is 0.109 e. The van der Waals surface area contributed by atoms with Crippen LogP contribution < -0.4 is 0 Å². The van der Waals surface area contributed by atoms with E-state index in [-0.39, 0.29) is 0 Å². The van der Waals surface area contributed by atoms with Crippen LogP contribution in [0.25, 0.3) is 0 Å². The van der Waals surface area contributed by atoms with Crippen LogP contribution >= 0.6 is 23.0 Å². The Morgan fingerprint density at radius 1 is 1.30 bits per heavy atom. The van der Waals surface area contributed by atoms with Gasteiger partial charge in [-0.1, -0.05) is 0 Å². The first-order valence-electron chi connectivity index (χ1n) is 3.89. The molecule has 1 aliphatic heterocycles. The second-order valence-electron chi connectivity index (χ2n) is 2.72. The van der Waals surface area contributed by atoms with Crippen molar-refractivity contribution in [1.29, 1.82) is 0 Å². The Morgan fingerprint density at radius 3 is 2.60 bits per heavy atom. The van der Waals surface area contributed by atoms with Crippen molar-refractivity contribution in [1.82, 2.24) is 4.90 Å². The number of halogens is 1. The maximum atomic E-state index is 4.94. The number of hydrogen-bond acceptors (Lipinski definition) is 2. The van der Waals surface area contributed by atoms with Gasteiger partial charge >= 0.3 is 0 Å². The lowest BCUT2D eigenvalue weighted by Gasteiger charge is -2.12. The summed E-state index contributed by atoms with van der Waals surface area (Å²) in [6.45, 7) is 4.74. The van der Waals surface area contributed by atoms with Crippen molar-refractivity contribution < 1.29 is 3.07 Å². The Kier molecular flexibility index (Phi) is 4.65. The lowest BCUT2D eigenvalue weighted by molar-refractivity contribution is 0.301. The van der Waals surface area contributed by atoms with E-state index in [1.807, 2.05) is 23.0 Å². The van der Waals surface area contributed by atoms with Crippen molar-refractivity contribution in [3.8, 4) is 0 Å². The van der Waals surface area contributed by atoms with E-state index in [1.165, 1.54) is 38.9 Å². The molecule has 1 rings (SSSR count). The molecule has 3 heteroatoms. The molecule has 10 heavy (non-hydrogen) atoms. The molecule has 2 nitrogen and oxygen atoms in total. The van der Waals surface area contributed by atoms with Crippen LogP contribution in [0.3, 0.4) is 0 Å². The third kappa shape index (κ3) is 3.16. The molecule has 1 aliphatic rings. The Morgan fingerprint density at radius 2 is 2.00 bits per heavy atom. The molecule has 0 bridgehead atoms. The maximum Gasteiger partial charge on any atom is 0.109 e. The molecule has 0 amide bonds. The SMILES string of the molecule is IOCCCN1CCCC1. The summed E-state index contributed by atoms with van der Waals surface area (Å²) < 4.78 is 4.94. The zero-order chi connectivity index (χ0) is 7.23. The molecule has 0 spiro atoms. The van der Waals surface area contributed by atoms with Gasteiger partial charge in [-0.3, -0.25) is 0 Å². The van der Waals surface area contributed by atoms with E-state index >= 15 is 0 Å². The molecule has 0 radical (unpaired) electrons. The number of rotatable bonds is 4. The highest BCUT2D eigenvalue weighted by Crippen LogP contribution is 2.07. The monoisotopic (exact) mass is 255 g/mol. The van der Waals surface area contributed by atoms with Gasteiger partial charge in [-0.25, -0.2) is 0 Å². The Labute approximate surface area is 76.6 Å². The van der Waals surface area contributed by atoms with Gasteiger partial charge in [-0.05, 0) is 32.4 Å². The maximum absolute atomic E-state index is 4.94. The standard InChI is InChI=1S/C7H14INO/c8-10-7-3-6-9-4-1-2-5-9/h1-7H2. The van der Waals surface area contributed by atoms with Crippen molar-refractivity contribution in [2.24, 2.45) is 0 Å². The van der Waals surface area contributed by atoms with Crippen LogP contribution in [0, 0.1) is 0 Å². The molecule has 1 heterocycles. The average Bonchev–Trinajstić information content (AvgIpc) is 2.41. The van der Waals surface area contributed by atoms with Crippen LogP contribution in [-0.2, 0) is 3.07 Å². The van der Waals surface area contributed by atoms with Gasteiger partial charge < -0.3 is 7.97 Å². The fraction of sp³-hybridized carbons (Fsp3) is 1.00. The van der Waals surface area contributed by atoms with Gasteiger partial charge in [0.2, 0.25) is 0 Å². The molecule has 0 N–H and O–H groups in total. The Hall–Kier alpha value is 0.650. The first-order chi connectivity index (χ1) is 4.93. The molecule has 0 atom stereocenters. The van der Waals surface area contributed by atoms with Gasteiger partial charge in [0.1, 0.15) is 23.0 Å². The molecule has 1 fully saturated rings. The molecule has 0 unspecified atom stereocenters. The lowest BCUT2D eigenvalue weighted by Crippen LogP contribution is -2.21. The van der Waals surface area contributed by atoms with Gasteiger partial charge in [0.15, 0.2) is 0 Å². The van der Waals surface area contributed by atoms with Gasteiger partial charge in [0.05, 0.1) is 6.61 Å². The molecule has 0 aromatic heterocycles. The van der Waals surface area contributed by atoms with E-state index in [2.05, 4.69) is 4.90 Å². The minimum atomic E-state index is 0.900. The highest BCUT2D eigenvalue weighted by Gasteiger charge is 2.09. The molecule has 0 saturated carbocycles. The van der Waals surface area contributed by atoms with Crippen LogP contribution in [0.5, 0.6) is 0 Å². The zero-order valence-corrected chi connectivity index (χ0v) is 8.34. The predicted molar refractivity (Wildman–Crippen MR) is 50.3 cm³/mol. The summed E-state index contributed by atoms with van der Waals surface area (Å²) in [5, 5.41) is 0. The van der Waals surface area contributed by atoms with Crippen LogP contribution in [0.2, 0.25) is 0 Å². The number of nitrogens with zero attached hydrogens (tertiary/aromatic N) is 1. The molecule has 1 saturated heterocycles. The summed E-state index contributed by atoms with van der Waals surface area (Å²) in [7, 11) is 0. The second kappa shape index (κ2) is 5.32. The van der Waals surface area contributed by atoms with Gasteiger partial charge in [0, 0.05) is 6.54 Å². The number of likely N-dealkylation sites (tertiary alicyclic amines) is 1. The van der Waals surface area contributed by atoms with E-state index in [0.717, 1.165) is 6.61 Å². The van der Waals surface area contributed by atoms with Gasteiger partial charge in [-0.15, -0.1) is 0 Å². The van der Waals surface area contributed by atoms with Crippen molar-refractivity contribution in [3.63, 3.8) is 0 Å². The van der Waals surface area contributed by atoms with Crippen LogP contribution in [0.4, 0.5) is 0 Å². The minimum absolute atomic E-state index is 0.900. The summed E-state index contributed by atoms with van der Waals surface area (Å²) >= 11 is 1.96. The van der Waals surface area contributed by atoms with E-state index < -0.39 is 0 Å². The third-order valence-corrected chi connectivity index (χ3v) is 2.33. The average molecular weight is 255 g/mol. The second-order valence-corrected chi connectivity index (χ2v) is 3.34. The van der Waals surface area contributed by atoms with E-state index in [9.17, 15) is 0 Å². The van der Waals surface area contributed by atoms with E-state index in [4.69, 9.17) is 3.07 Å². The zero-order valence-electron chi connectivity index (χ0n) is 6.18. The van der Waals surface area contributed by atoms with Crippen molar-refractivity contribution in [3.05, 3.63) is 0 Å². The summed E-state index contributed by atoms with van der Waals surface area (Å²) in [5.74, 6) is 0. The topological polar surface area (TPSA) is 12.5 Å². The van der Waals surface area contributed by atoms with Crippen LogP contribution in [0.1, 0.15) is 19.3 Å². The van der Waals surface area contributed by atoms with E-state index in [0.29, 0.717) is 0 Å². The highest BCUT2D eigenvalue weighted by atomic mass is 127. The van der Waals surface area contributed by atoms with Crippen molar-refractivity contribution in [2.45, 2.75) is 19.3 Å². The molecule has 60 valence electrons. The first kappa shape index (κ1) is 8.74. The first-order valence-corrected chi connectivity index (χ1v) is 4.77. The fourth-order valence-corrected chi connectivity index (χ4v) is 1.66. The lowest BCUT2D eigenvalue weighted by atomic mass is 10.4. The molecular weight excluding hydrogens is 241 g/mol. The van der Waals surface area contributed by atoms with Gasteiger partial charge in [-0.2, -0.15) is 0 Å². The predicted octanol–water partition coefficient (Wildman–Crippen LogP) is 1.84. The van der Waals surface area contributed by atoms with Crippen molar-refractivity contribution in [2.75, 3.05) is 26.2 Å². The molecular formula is C7H14INO. The van der Waals surface area contributed by atoms with Gasteiger partial charge in [0.25, 0.3) is 0 Å². The van der Waals surface area contributed by atoms with E-state index in [1.54, 1.807) is 0 Å². The van der Waals surface area contributed by atoms with Crippen molar-refractivity contribution >= 4 is 23.0 Å². The third-order valence-electron chi connectivity index (χ3n) is 1.89. The minimum Gasteiger partial charge on any atom is -0.316 e. The summed E-state index contributed by atoms with van der Waals surface area (Å²) in [4.78, 5) is 2.51. The highest BCUT2D eigenvalue weighted by molar-refractivity contribution is 14.1. The Bertz CT molecular complexity index is 83.7. The largest absolute Gasteiger partial charge is 0.316 e. The molecule has 0 aliphatic carbocycles. The quantitative estimate of drug-likeness (QED) is 0.561. The molecule has 0 aromatic carbocycles. The summed E-state index contributed by atoms with van der Waals surface area (Å²) in [6.07, 6.45) is 3.97. The summed E-state index contributed by atoms with van der Waals surface area (Å²) in [5.41, 5.74) is 0. The molecule has 0 aromatic rings. The summed E-state index contributed by atoms with van der Waals surface area (Å²) in [6, 6.07) is 0.